The summed E-state index contributed by atoms with van der Waals surface area (Å²) in [6, 6.07) is 16.7. The van der Waals surface area contributed by atoms with Crippen LogP contribution in [0.4, 0.5) is 0 Å². The minimum atomic E-state index is 0.451. The molecule has 0 heterocycles. The molecule has 32 heavy (non-hydrogen) atoms. The van der Waals surface area contributed by atoms with Gasteiger partial charge in [-0.05, 0) is 94.5 Å². The van der Waals surface area contributed by atoms with E-state index >= 15 is 0 Å². The van der Waals surface area contributed by atoms with Gasteiger partial charge in [-0.1, -0.05) is 70.9 Å². The molecular formula is C30H48O2. The molecule has 0 spiro atoms. The van der Waals surface area contributed by atoms with Gasteiger partial charge in [-0.2, -0.15) is 0 Å². The van der Waals surface area contributed by atoms with E-state index in [0.29, 0.717) is 12.2 Å². The molecule has 2 heteroatoms. The lowest BCUT2D eigenvalue weighted by Gasteiger charge is -2.22. The van der Waals surface area contributed by atoms with Crippen LogP contribution in [0.3, 0.4) is 0 Å². The van der Waals surface area contributed by atoms with E-state index in [0.717, 1.165) is 17.4 Å². The first kappa shape index (κ1) is 28.1. The lowest BCUT2D eigenvalue weighted by Crippen LogP contribution is -2.19. The molecule has 2 aliphatic carbocycles. The number of hydrogen-bond donors (Lipinski definition) is 0. The van der Waals surface area contributed by atoms with Gasteiger partial charge in [0, 0.05) is 0 Å². The van der Waals surface area contributed by atoms with Crippen LogP contribution in [0.15, 0.2) is 48.5 Å². The van der Waals surface area contributed by atoms with Gasteiger partial charge in [-0.25, -0.2) is 0 Å². The maximum absolute atomic E-state index is 5.93. The second kappa shape index (κ2) is 16.6. The molecule has 0 bridgehead atoms. The van der Waals surface area contributed by atoms with Crippen molar-refractivity contribution in [1.82, 2.24) is 0 Å². The molecule has 180 valence electrons. The maximum atomic E-state index is 5.93. The van der Waals surface area contributed by atoms with Crippen molar-refractivity contribution in [2.75, 3.05) is 0 Å². The summed E-state index contributed by atoms with van der Waals surface area (Å²) in [7, 11) is 0. The third kappa shape index (κ3) is 11.1. The second-order valence-corrected chi connectivity index (χ2v) is 8.67. The van der Waals surface area contributed by atoms with Gasteiger partial charge in [0.2, 0.25) is 0 Å². The van der Waals surface area contributed by atoms with Crippen molar-refractivity contribution in [3.05, 3.63) is 59.7 Å². The zero-order valence-corrected chi connectivity index (χ0v) is 21.8. The SMILES string of the molecule is CC.CC.Cc1ccc(OC2CCCCC2)cc1.Cc1cccc(OC2CCC(C)C2)c1. The number of rotatable bonds is 4. The number of aryl methyl sites for hydroxylation is 2. The summed E-state index contributed by atoms with van der Waals surface area (Å²) in [4.78, 5) is 0. The Hall–Kier alpha value is -1.96. The summed E-state index contributed by atoms with van der Waals surface area (Å²) >= 11 is 0. The van der Waals surface area contributed by atoms with Crippen molar-refractivity contribution < 1.29 is 9.47 Å². The summed E-state index contributed by atoms with van der Waals surface area (Å²) in [5.74, 6) is 2.90. The summed E-state index contributed by atoms with van der Waals surface area (Å²) in [5, 5.41) is 0. The first-order chi connectivity index (χ1) is 15.6. The zero-order valence-electron chi connectivity index (χ0n) is 21.8. The monoisotopic (exact) mass is 440 g/mol. The van der Waals surface area contributed by atoms with Crippen molar-refractivity contribution in [3.63, 3.8) is 0 Å². The van der Waals surface area contributed by atoms with Crippen LogP contribution in [0.25, 0.3) is 0 Å². The van der Waals surface area contributed by atoms with Crippen LogP contribution in [0.1, 0.15) is 97.1 Å². The molecule has 0 aliphatic heterocycles. The van der Waals surface area contributed by atoms with E-state index in [2.05, 4.69) is 69.3 Å². The first-order valence-corrected chi connectivity index (χ1v) is 13.0. The molecule has 2 atom stereocenters. The third-order valence-electron chi connectivity index (χ3n) is 5.81. The van der Waals surface area contributed by atoms with E-state index in [9.17, 15) is 0 Å². The fourth-order valence-electron chi connectivity index (χ4n) is 4.14. The average molecular weight is 441 g/mol. The van der Waals surface area contributed by atoms with Crippen LogP contribution in [-0.4, -0.2) is 12.2 Å². The lowest BCUT2D eigenvalue weighted by atomic mass is 9.98. The smallest absolute Gasteiger partial charge is 0.119 e. The van der Waals surface area contributed by atoms with Crippen molar-refractivity contribution in [2.45, 2.75) is 112 Å². The first-order valence-electron chi connectivity index (χ1n) is 13.0. The molecule has 4 rings (SSSR count). The van der Waals surface area contributed by atoms with Gasteiger partial charge in [0.05, 0.1) is 12.2 Å². The summed E-state index contributed by atoms with van der Waals surface area (Å²) < 4.78 is 11.8. The fraction of sp³-hybridized carbons (Fsp3) is 0.600. The van der Waals surface area contributed by atoms with Crippen molar-refractivity contribution in [3.8, 4) is 11.5 Å². The molecule has 0 aromatic heterocycles. The van der Waals surface area contributed by atoms with Gasteiger partial charge in [-0.15, -0.1) is 0 Å². The fourth-order valence-corrected chi connectivity index (χ4v) is 4.14. The average Bonchev–Trinajstić information content (AvgIpc) is 3.24. The van der Waals surface area contributed by atoms with Crippen LogP contribution in [0.2, 0.25) is 0 Å². The highest BCUT2D eigenvalue weighted by Gasteiger charge is 2.22. The van der Waals surface area contributed by atoms with Gasteiger partial charge in [0.25, 0.3) is 0 Å². The Balaban J connectivity index is 0.000000277. The highest BCUT2D eigenvalue weighted by atomic mass is 16.5. The third-order valence-corrected chi connectivity index (χ3v) is 5.81. The van der Waals surface area contributed by atoms with Gasteiger partial charge >= 0.3 is 0 Å². The van der Waals surface area contributed by atoms with Crippen LogP contribution >= 0.6 is 0 Å². The maximum Gasteiger partial charge on any atom is 0.119 e. The van der Waals surface area contributed by atoms with Crippen molar-refractivity contribution in [2.24, 2.45) is 5.92 Å². The van der Waals surface area contributed by atoms with Crippen LogP contribution in [-0.2, 0) is 0 Å². The van der Waals surface area contributed by atoms with E-state index in [4.69, 9.17) is 9.47 Å². The van der Waals surface area contributed by atoms with E-state index < -0.39 is 0 Å². The molecule has 2 aromatic carbocycles. The second-order valence-electron chi connectivity index (χ2n) is 8.67. The molecule has 0 amide bonds. The van der Waals surface area contributed by atoms with E-state index in [1.807, 2.05) is 27.7 Å². The minimum Gasteiger partial charge on any atom is -0.490 e. The van der Waals surface area contributed by atoms with E-state index in [1.165, 1.54) is 62.5 Å². The Morgan fingerprint density at radius 3 is 1.81 bits per heavy atom. The standard InChI is InChI=1S/2C13H18O.2C2H6/c1-10-4-3-5-12(8-10)14-13-7-6-11(2)9-13;1-11-7-9-13(10-8-11)14-12-5-3-2-4-6-12;2*1-2/h3-5,8,11,13H,6-7,9H2,1-2H3;7-10,12H,2-6H2,1H3;2*1-2H3. The molecule has 2 nitrogen and oxygen atoms in total. The molecule has 2 unspecified atom stereocenters. The largest absolute Gasteiger partial charge is 0.490 e. The summed E-state index contributed by atoms with van der Waals surface area (Å²) in [6.07, 6.45) is 11.2. The lowest BCUT2D eigenvalue weighted by molar-refractivity contribution is 0.155. The zero-order chi connectivity index (χ0) is 23.8. The molecule has 2 fully saturated rings. The van der Waals surface area contributed by atoms with E-state index in [1.54, 1.807) is 0 Å². The van der Waals surface area contributed by atoms with Crippen LogP contribution in [0.5, 0.6) is 11.5 Å². The van der Waals surface area contributed by atoms with Gasteiger partial charge in [0.1, 0.15) is 11.5 Å². The van der Waals surface area contributed by atoms with Crippen molar-refractivity contribution >= 4 is 0 Å². The summed E-state index contributed by atoms with van der Waals surface area (Å²) in [6.45, 7) is 14.5. The number of ether oxygens (including phenoxy) is 2. The molecule has 2 aliphatic rings. The van der Waals surface area contributed by atoms with Gasteiger partial charge < -0.3 is 9.47 Å². The normalized spacial score (nSPS) is 19.8. The molecule has 0 N–H and O–H groups in total. The highest BCUT2D eigenvalue weighted by Crippen LogP contribution is 2.28. The Bertz CT molecular complexity index is 701. The molecule has 2 saturated carbocycles. The van der Waals surface area contributed by atoms with Crippen molar-refractivity contribution in [1.29, 1.82) is 0 Å². The van der Waals surface area contributed by atoms with Gasteiger partial charge in [-0.3, -0.25) is 0 Å². The van der Waals surface area contributed by atoms with Crippen LogP contribution in [0, 0.1) is 19.8 Å². The number of hydrogen-bond acceptors (Lipinski definition) is 2. The quantitative estimate of drug-likeness (QED) is 0.471. The van der Waals surface area contributed by atoms with Gasteiger partial charge in [0.15, 0.2) is 0 Å². The highest BCUT2D eigenvalue weighted by molar-refractivity contribution is 5.28. The van der Waals surface area contributed by atoms with Crippen LogP contribution < -0.4 is 9.47 Å². The molecule has 0 saturated heterocycles. The molecule has 0 radical (unpaired) electrons. The Morgan fingerprint density at radius 2 is 1.25 bits per heavy atom. The summed E-state index contributed by atoms with van der Waals surface area (Å²) in [5.41, 5.74) is 2.56. The van der Waals surface area contributed by atoms with E-state index in [-0.39, 0.29) is 0 Å². The number of benzene rings is 2. The Labute approximate surface area is 198 Å². The predicted octanol–water partition coefficient (Wildman–Crippen LogP) is 9.32. The minimum absolute atomic E-state index is 0.451. The molecular weight excluding hydrogens is 392 g/mol. The Morgan fingerprint density at radius 1 is 0.625 bits per heavy atom. The predicted molar refractivity (Wildman–Crippen MR) is 140 cm³/mol. The molecule has 2 aromatic rings. The Kier molecular flexibility index (Phi) is 14.6. The topological polar surface area (TPSA) is 18.5 Å².